The molecule has 0 atom stereocenters. The van der Waals surface area contributed by atoms with Gasteiger partial charge in [-0.1, -0.05) is 13.0 Å². The van der Waals surface area contributed by atoms with E-state index in [1.807, 2.05) is 12.3 Å². The van der Waals surface area contributed by atoms with E-state index in [1.165, 1.54) is 11.9 Å². The summed E-state index contributed by atoms with van der Waals surface area (Å²) < 4.78 is 1.76. The first-order valence-electron chi connectivity index (χ1n) is 5.35. The average Bonchev–Trinajstić information content (AvgIpc) is 2.81. The fourth-order valence-corrected chi connectivity index (χ4v) is 1.40. The molecule has 5 nitrogen and oxygen atoms in total. The van der Waals surface area contributed by atoms with Crippen LogP contribution in [0.2, 0.25) is 0 Å². The van der Waals surface area contributed by atoms with Gasteiger partial charge in [0.05, 0.1) is 12.2 Å². The van der Waals surface area contributed by atoms with E-state index in [0.717, 1.165) is 18.8 Å². The summed E-state index contributed by atoms with van der Waals surface area (Å²) in [5.74, 6) is 0. The van der Waals surface area contributed by atoms with Gasteiger partial charge in [-0.25, -0.2) is 9.67 Å². The first kappa shape index (κ1) is 10.8. The summed E-state index contributed by atoms with van der Waals surface area (Å²) in [6, 6.07) is 4.11. The second-order valence-corrected chi connectivity index (χ2v) is 3.53. The van der Waals surface area contributed by atoms with Gasteiger partial charge in [-0.3, -0.25) is 4.98 Å². The lowest BCUT2D eigenvalue weighted by atomic mass is 10.2. The van der Waals surface area contributed by atoms with Gasteiger partial charge in [0, 0.05) is 12.7 Å². The molecule has 0 unspecified atom stereocenters. The quantitative estimate of drug-likeness (QED) is 0.806. The van der Waals surface area contributed by atoms with Crippen LogP contribution in [-0.4, -0.2) is 26.3 Å². The highest BCUT2D eigenvalue weighted by atomic mass is 15.3. The zero-order chi connectivity index (χ0) is 11.2. The zero-order valence-electron chi connectivity index (χ0n) is 9.30. The van der Waals surface area contributed by atoms with Gasteiger partial charge in [-0.2, -0.15) is 5.10 Å². The molecule has 0 bridgehead atoms. The highest BCUT2D eigenvalue weighted by molar-refractivity contribution is 5.14. The van der Waals surface area contributed by atoms with E-state index in [1.54, 1.807) is 11.0 Å². The fraction of sp³-hybridized carbons (Fsp3) is 0.364. The number of rotatable bonds is 5. The summed E-state index contributed by atoms with van der Waals surface area (Å²) >= 11 is 0. The summed E-state index contributed by atoms with van der Waals surface area (Å²) in [5.41, 5.74) is 2.19. The molecule has 0 aliphatic rings. The summed E-state index contributed by atoms with van der Waals surface area (Å²) in [7, 11) is 0. The van der Waals surface area contributed by atoms with Crippen molar-refractivity contribution in [3.63, 3.8) is 0 Å². The molecule has 0 saturated carbocycles. The SMILES string of the molecule is CCNCc1ccc(Cn2cncn2)nc1. The molecule has 0 amide bonds. The Morgan fingerprint density at radius 2 is 2.31 bits per heavy atom. The third-order valence-corrected chi connectivity index (χ3v) is 2.26. The van der Waals surface area contributed by atoms with Crippen molar-refractivity contribution >= 4 is 0 Å². The third kappa shape index (κ3) is 2.87. The van der Waals surface area contributed by atoms with Crippen LogP contribution >= 0.6 is 0 Å². The van der Waals surface area contributed by atoms with E-state index in [9.17, 15) is 0 Å². The Hall–Kier alpha value is -1.75. The largest absolute Gasteiger partial charge is 0.313 e. The Morgan fingerprint density at radius 3 is 2.94 bits per heavy atom. The predicted molar refractivity (Wildman–Crippen MR) is 60.7 cm³/mol. The molecule has 0 radical (unpaired) electrons. The van der Waals surface area contributed by atoms with Crippen LogP contribution in [0.1, 0.15) is 18.2 Å². The molecule has 2 aromatic heterocycles. The topological polar surface area (TPSA) is 55.6 Å². The van der Waals surface area contributed by atoms with E-state index in [2.05, 4.69) is 33.4 Å². The lowest BCUT2D eigenvalue weighted by Crippen LogP contribution is -2.12. The molecule has 5 heteroatoms. The molecule has 2 rings (SSSR count). The maximum absolute atomic E-state index is 4.38. The number of hydrogen-bond donors (Lipinski definition) is 1. The molecular formula is C11H15N5. The van der Waals surface area contributed by atoms with Crippen LogP contribution in [0.15, 0.2) is 31.0 Å². The van der Waals surface area contributed by atoms with Crippen molar-refractivity contribution in [2.24, 2.45) is 0 Å². The summed E-state index contributed by atoms with van der Waals surface area (Å²) in [4.78, 5) is 8.27. The van der Waals surface area contributed by atoms with Crippen molar-refractivity contribution in [2.75, 3.05) is 6.54 Å². The van der Waals surface area contributed by atoms with E-state index in [4.69, 9.17) is 0 Å². The summed E-state index contributed by atoms with van der Waals surface area (Å²) in [6.07, 6.45) is 5.11. The zero-order valence-corrected chi connectivity index (χ0v) is 9.30. The minimum atomic E-state index is 0.668. The first-order chi connectivity index (χ1) is 7.88. The molecular weight excluding hydrogens is 202 g/mol. The fourth-order valence-electron chi connectivity index (χ4n) is 1.40. The number of hydrogen-bond acceptors (Lipinski definition) is 4. The monoisotopic (exact) mass is 217 g/mol. The molecule has 0 fully saturated rings. The van der Waals surface area contributed by atoms with E-state index < -0.39 is 0 Å². The van der Waals surface area contributed by atoms with Gasteiger partial charge in [0.2, 0.25) is 0 Å². The van der Waals surface area contributed by atoms with Crippen LogP contribution < -0.4 is 5.32 Å². The Balaban J connectivity index is 1.96. The number of pyridine rings is 1. The molecule has 2 heterocycles. The van der Waals surface area contributed by atoms with Crippen molar-refractivity contribution < 1.29 is 0 Å². The highest BCUT2D eigenvalue weighted by Crippen LogP contribution is 2.01. The third-order valence-electron chi connectivity index (χ3n) is 2.26. The van der Waals surface area contributed by atoms with Gasteiger partial charge in [-0.15, -0.1) is 0 Å². The first-order valence-corrected chi connectivity index (χ1v) is 5.35. The van der Waals surface area contributed by atoms with Crippen LogP contribution in [0.5, 0.6) is 0 Å². The van der Waals surface area contributed by atoms with Crippen LogP contribution in [0.4, 0.5) is 0 Å². The normalized spacial score (nSPS) is 10.6. The van der Waals surface area contributed by atoms with Gasteiger partial charge in [0.15, 0.2) is 0 Å². The molecule has 16 heavy (non-hydrogen) atoms. The van der Waals surface area contributed by atoms with Gasteiger partial charge in [0.25, 0.3) is 0 Å². The summed E-state index contributed by atoms with van der Waals surface area (Å²) in [5, 5.41) is 7.30. The standard InChI is InChI=1S/C11H15N5/c1-2-12-5-10-3-4-11(14-6-10)7-16-9-13-8-15-16/h3-4,6,8-9,12H,2,5,7H2,1H3. The Kier molecular flexibility index (Phi) is 3.61. The predicted octanol–water partition coefficient (Wildman–Crippen LogP) is 0.831. The van der Waals surface area contributed by atoms with Gasteiger partial charge < -0.3 is 5.32 Å². The molecule has 0 spiro atoms. The smallest absolute Gasteiger partial charge is 0.137 e. The highest BCUT2D eigenvalue weighted by Gasteiger charge is 1.97. The van der Waals surface area contributed by atoms with Crippen LogP contribution in [0.3, 0.4) is 0 Å². The maximum Gasteiger partial charge on any atom is 0.137 e. The molecule has 2 aromatic rings. The minimum Gasteiger partial charge on any atom is -0.313 e. The maximum atomic E-state index is 4.38. The molecule has 0 aromatic carbocycles. The van der Waals surface area contributed by atoms with E-state index >= 15 is 0 Å². The van der Waals surface area contributed by atoms with Crippen molar-refractivity contribution in [3.05, 3.63) is 42.2 Å². The van der Waals surface area contributed by atoms with Crippen molar-refractivity contribution in [2.45, 2.75) is 20.0 Å². The van der Waals surface area contributed by atoms with Crippen LogP contribution in [0.25, 0.3) is 0 Å². The number of nitrogens with zero attached hydrogens (tertiary/aromatic N) is 4. The Labute approximate surface area is 94.5 Å². The van der Waals surface area contributed by atoms with Crippen LogP contribution in [0, 0.1) is 0 Å². The van der Waals surface area contributed by atoms with Crippen LogP contribution in [-0.2, 0) is 13.1 Å². The van der Waals surface area contributed by atoms with Gasteiger partial charge in [0.1, 0.15) is 12.7 Å². The van der Waals surface area contributed by atoms with Crippen molar-refractivity contribution in [1.29, 1.82) is 0 Å². The second-order valence-electron chi connectivity index (χ2n) is 3.53. The van der Waals surface area contributed by atoms with E-state index in [-0.39, 0.29) is 0 Å². The van der Waals surface area contributed by atoms with Gasteiger partial charge >= 0.3 is 0 Å². The molecule has 0 saturated heterocycles. The van der Waals surface area contributed by atoms with Crippen molar-refractivity contribution in [3.8, 4) is 0 Å². The molecule has 0 aliphatic carbocycles. The lowest BCUT2D eigenvalue weighted by Gasteiger charge is -2.03. The minimum absolute atomic E-state index is 0.668. The Bertz CT molecular complexity index is 406. The number of aromatic nitrogens is 4. The van der Waals surface area contributed by atoms with Crippen molar-refractivity contribution in [1.82, 2.24) is 25.1 Å². The Morgan fingerprint density at radius 1 is 1.38 bits per heavy atom. The van der Waals surface area contributed by atoms with Gasteiger partial charge in [-0.05, 0) is 18.2 Å². The van der Waals surface area contributed by atoms with E-state index in [0.29, 0.717) is 6.54 Å². The molecule has 84 valence electrons. The second kappa shape index (κ2) is 5.37. The average molecular weight is 217 g/mol. The molecule has 1 N–H and O–H groups in total. The lowest BCUT2D eigenvalue weighted by molar-refractivity contribution is 0.668. The number of nitrogens with one attached hydrogen (secondary N) is 1. The summed E-state index contributed by atoms with van der Waals surface area (Å²) in [6.45, 7) is 4.60. The molecule has 0 aliphatic heterocycles.